The summed E-state index contributed by atoms with van der Waals surface area (Å²) in [5.74, 6) is 0. The SMILES string of the molecule is CC.CCC.CCc1cc(C)c(S(=O)(=O)O)c(C)c1. The Morgan fingerprint density at radius 1 is 1.00 bits per heavy atom. The van der Waals surface area contributed by atoms with Gasteiger partial charge in [0.2, 0.25) is 0 Å². The van der Waals surface area contributed by atoms with Gasteiger partial charge in [-0.3, -0.25) is 4.55 Å². The van der Waals surface area contributed by atoms with Gasteiger partial charge in [-0.05, 0) is 37.0 Å². The highest BCUT2D eigenvalue weighted by molar-refractivity contribution is 7.86. The van der Waals surface area contributed by atoms with E-state index in [9.17, 15) is 8.42 Å². The summed E-state index contributed by atoms with van der Waals surface area (Å²) < 4.78 is 31.0. The zero-order chi connectivity index (χ0) is 15.6. The highest BCUT2D eigenvalue weighted by Gasteiger charge is 2.16. The van der Waals surface area contributed by atoms with Crippen molar-refractivity contribution in [3.8, 4) is 0 Å². The predicted octanol–water partition coefficient (Wildman–Crippen LogP) is 4.56. The van der Waals surface area contributed by atoms with Crippen molar-refractivity contribution in [1.82, 2.24) is 0 Å². The van der Waals surface area contributed by atoms with Crippen LogP contribution in [0.2, 0.25) is 0 Å². The molecule has 0 spiro atoms. The predicted molar refractivity (Wildman–Crippen MR) is 82.4 cm³/mol. The Bertz CT molecular complexity index is 439. The zero-order valence-corrected chi connectivity index (χ0v) is 14.1. The number of hydrogen-bond acceptors (Lipinski definition) is 2. The molecule has 1 aromatic rings. The van der Waals surface area contributed by atoms with Crippen LogP contribution in [0.4, 0.5) is 0 Å². The molecule has 0 amide bonds. The van der Waals surface area contributed by atoms with Gasteiger partial charge in [-0.25, -0.2) is 0 Å². The summed E-state index contributed by atoms with van der Waals surface area (Å²) in [6.45, 7) is 13.6. The maximum absolute atomic E-state index is 11.0. The first kappa shape index (κ1) is 20.4. The molecule has 0 fully saturated rings. The molecule has 0 heterocycles. The van der Waals surface area contributed by atoms with Gasteiger partial charge in [-0.1, -0.05) is 53.2 Å². The van der Waals surface area contributed by atoms with E-state index in [4.69, 9.17) is 4.55 Å². The fourth-order valence-electron chi connectivity index (χ4n) is 1.65. The molecule has 0 aliphatic rings. The van der Waals surface area contributed by atoms with Gasteiger partial charge in [-0.2, -0.15) is 8.42 Å². The van der Waals surface area contributed by atoms with E-state index in [-0.39, 0.29) is 4.90 Å². The number of rotatable bonds is 2. The van der Waals surface area contributed by atoms with E-state index in [1.54, 1.807) is 26.0 Å². The largest absolute Gasteiger partial charge is 0.295 e. The van der Waals surface area contributed by atoms with Crippen molar-refractivity contribution in [3.63, 3.8) is 0 Å². The fourth-order valence-corrected chi connectivity index (χ4v) is 2.58. The van der Waals surface area contributed by atoms with Gasteiger partial charge < -0.3 is 0 Å². The van der Waals surface area contributed by atoms with Crippen molar-refractivity contribution in [3.05, 3.63) is 28.8 Å². The van der Waals surface area contributed by atoms with E-state index < -0.39 is 10.1 Å². The molecule has 4 heteroatoms. The van der Waals surface area contributed by atoms with E-state index in [0.717, 1.165) is 12.0 Å². The Morgan fingerprint density at radius 2 is 1.32 bits per heavy atom. The Hall–Kier alpha value is -0.870. The minimum atomic E-state index is -4.09. The number of aryl methyl sites for hydroxylation is 3. The summed E-state index contributed by atoms with van der Waals surface area (Å²) in [7, 11) is -4.09. The molecule has 0 bridgehead atoms. The van der Waals surface area contributed by atoms with Crippen LogP contribution in [0.1, 0.15) is 57.7 Å². The molecule has 1 aromatic carbocycles. The van der Waals surface area contributed by atoms with Crippen molar-refractivity contribution in [2.45, 2.75) is 66.2 Å². The second-order valence-corrected chi connectivity index (χ2v) is 5.45. The van der Waals surface area contributed by atoms with E-state index in [1.807, 2.05) is 20.8 Å². The number of hydrogen-bond donors (Lipinski definition) is 1. The summed E-state index contributed by atoms with van der Waals surface area (Å²) in [6, 6.07) is 3.58. The Morgan fingerprint density at radius 3 is 1.53 bits per heavy atom. The van der Waals surface area contributed by atoms with Gasteiger partial charge in [0.05, 0.1) is 4.90 Å². The molecule has 0 unspecified atom stereocenters. The van der Waals surface area contributed by atoms with Gasteiger partial charge in [0.15, 0.2) is 0 Å². The topological polar surface area (TPSA) is 54.4 Å². The second-order valence-electron chi connectivity index (χ2n) is 4.09. The summed E-state index contributed by atoms with van der Waals surface area (Å²) in [4.78, 5) is 0.0368. The summed E-state index contributed by atoms with van der Waals surface area (Å²) in [5.41, 5.74) is 2.28. The highest BCUT2D eigenvalue weighted by Crippen LogP contribution is 2.21. The fraction of sp³-hybridized carbons (Fsp3) is 0.600. The third-order valence-electron chi connectivity index (χ3n) is 2.19. The second kappa shape index (κ2) is 9.98. The molecule has 1 N–H and O–H groups in total. The Labute approximate surface area is 118 Å². The molecular weight excluding hydrogens is 260 g/mol. The zero-order valence-electron chi connectivity index (χ0n) is 13.2. The number of benzene rings is 1. The molecule has 0 aliphatic heterocycles. The van der Waals surface area contributed by atoms with Crippen molar-refractivity contribution in [1.29, 1.82) is 0 Å². The molecule has 0 atom stereocenters. The van der Waals surface area contributed by atoms with Crippen molar-refractivity contribution in [2.24, 2.45) is 0 Å². The van der Waals surface area contributed by atoms with Gasteiger partial charge >= 0.3 is 0 Å². The summed E-state index contributed by atoms with van der Waals surface area (Å²) in [6.07, 6.45) is 2.10. The molecule has 0 saturated heterocycles. The molecule has 112 valence electrons. The van der Waals surface area contributed by atoms with Crippen LogP contribution in [0.25, 0.3) is 0 Å². The van der Waals surface area contributed by atoms with Gasteiger partial charge in [0.1, 0.15) is 0 Å². The maximum atomic E-state index is 11.0. The van der Waals surface area contributed by atoms with Crippen LogP contribution in [0.5, 0.6) is 0 Å². The molecule has 0 aliphatic carbocycles. The van der Waals surface area contributed by atoms with Crippen LogP contribution in [0.15, 0.2) is 17.0 Å². The first-order chi connectivity index (χ1) is 8.77. The molecule has 1 rings (SSSR count). The van der Waals surface area contributed by atoms with Gasteiger partial charge in [0, 0.05) is 0 Å². The lowest BCUT2D eigenvalue weighted by atomic mass is 10.1. The van der Waals surface area contributed by atoms with Gasteiger partial charge in [-0.15, -0.1) is 0 Å². The van der Waals surface area contributed by atoms with Crippen LogP contribution in [-0.4, -0.2) is 13.0 Å². The minimum absolute atomic E-state index is 0.0368. The molecule has 0 radical (unpaired) electrons. The van der Waals surface area contributed by atoms with Crippen LogP contribution in [0, 0.1) is 13.8 Å². The molecule has 3 nitrogen and oxygen atoms in total. The lowest BCUT2D eigenvalue weighted by molar-refractivity contribution is 0.482. The van der Waals surface area contributed by atoms with E-state index in [1.165, 1.54) is 6.42 Å². The smallest absolute Gasteiger partial charge is 0.282 e. The minimum Gasteiger partial charge on any atom is -0.282 e. The quantitative estimate of drug-likeness (QED) is 0.812. The average Bonchev–Trinajstić information content (AvgIpc) is 2.29. The average molecular weight is 288 g/mol. The van der Waals surface area contributed by atoms with E-state index >= 15 is 0 Å². The highest BCUT2D eigenvalue weighted by atomic mass is 32.2. The van der Waals surface area contributed by atoms with Crippen LogP contribution < -0.4 is 0 Å². The molecular formula is C15H28O3S. The lowest BCUT2D eigenvalue weighted by Crippen LogP contribution is -2.04. The molecule has 19 heavy (non-hydrogen) atoms. The third kappa shape index (κ3) is 7.33. The molecule has 0 saturated carbocycles. The molecule has 0 aromatic heterocycles. The first-order valence-corrected chi connectivity index (χ1v) is 8.29. The van der Waals surface area contributed by atoms with E-state index in [2.05, 4.69) is 13.8 Å². The lowest BCUT2D eigenvalue weighted by Gasteiger charge is -2.08. The Kier molecular flexibility index (Phi) is 10.7. The Balaban J connectivity index is 0. The van der Waals surface area contributed by atoms with Crippen molar-refractivity contribution >= 4 is 10.1 Å². The van der Waals surface area contributed by atoms with Crippen molar-refractivity contribution < 1.29 is 13.0 Å². The van der Waals surface area contributed by atoms with Crippen LogP contribution in [-0.2, 0) is 16.5 Å². The summed E-state index contributed by atoms with van der Waals surface area (Å²) >= 11 is 0. The monoisotopic (exact) mass is 288 g/mol. The van der Waals surface area contributed by atoms with Crippen LogP contribution in [0.3, 0.4) is 0 Å². The summed E-state index contributed by atoms with van der Waals surface area (Å²) in [5, 5.41) is 0. The third-order valence-corrected chi connectivity index (χ3v) is 3.35. The first-order valence-electron chi connectivity index (χ1n) is 6.85. The maximum Gasteiger partial charge on any atom is 0.295 e. The van der Waals surface area contributed by atoms with Crippen LogP contribution >= 0.6 is 0 Å². The normalized spacial score (nSPS) is 9.89. The van der Waals surface area contributed by atoms with Gasteiger partial charge in [0.25, 0.3) is 10.1 Å². The van der Waals surface area contributed by atoms with Crippen molar-refractivity contribution in [2.75, 3.05) is 0 Å². The standard InChI is InChI=1S/C10H14O3S.C3H8.C2H6/c1-4-9-5-7(2)10(8(3)6-9)14(11,12)13;1-3-2;1-2/h5-6H,4H2,1-3H3,(H,11,12,13);3H2,1-2H3;1-2H3. The van der Waals surface area contributed by atoms with E-state index in [0.29, 0.717) is 11.1 Å².